The molecule has 0 aliphatic carbocycles. The van der Waals surface area contributed by atoms with E-state index in [0.717, 1.165) is 5.56 Å². The van der Waals surface area contributed by atoms with E-state index < -0.39 is 11.9 Å². The highest BCUT2D eigenvalue weighted by molar-refractivity contribution is 5.99. The van der Waals surface area contributed by atoms with Gasteiger partial charge >= 0.3 is 5.97 Å². The molecular weight excluding hydrogens is 298 g/mol. The lowest BCUT2D eigenvalue weighted by Gasteiger charge is -2.32. The minimum absolute atomic E-state index is 0.149. The quantitative estimate of drug-likeness (QED) is 0.920. The Bertz CT molecular complexity index is 667. The lowest BCUT2D eigenvalue weighted by molar-refractivity contribution is -0.145. The molecular formula is C17H19NO5. The van der Waals surface area contributed by atoms with Crippen molar-refractivity contribution >= 4 is 18.0 Å². The molecule has 23 heavy (non-hydrogen) atoms. The SMILES string of the molecule is COc1ccc2c(c1)C=C(C(=O)N1CCCC(C(=O)O)C1)CO2. The zero-order valence-electron chi connectivity index (χ0n) is 12.9. The van der Waals surface area contributed by atoms with E-state index in [9.17, 15) is 9.59 Å². The van der Waals surface area contributed by atoms with Gasteiger partial charge in [-0.25, -0.2) is 0 Å². The van der Waals surface area contributed by atoms with Gasteiger partial charge < -0.3 is 19.5 Å². The fraction of sp³-hybridized carbons (Fsp3) is 0.412. The topological polar surface area (TPSA) is 76.1 Å². The maximum Gasteiger partial charge on any atom is 0.308 e. The first-order chi connectivity index (χ1) is 11.1. The highest BCUT2D eigenvalue weighted by Gasteiger charge is 2.30. The number of amides is 1. The van der Waals surface area contributed by atoms with E-state index in [4.69, 9.17) is 14.6 Å². The van der Waals surface area contributed by atoms with Crippen LogP contribution in [0, 0.1) is 5.92 Å². The van der Waals surface area contributed by atoms with Crippen LogP contribution in [0.4, 0.5) is 0 Å². The van der Waals surface area contributed by atoms with Crippen LogP contribution < -0.4 is 9.47 Å². The highest BCUT2D eigenvalue weighted by Crippen LogP contribution is 2.31. The molecule has 1 aromatic carbocycles. The van der Waals surface area contributed by atoms with Gasteiger partial charge in [0.25, 0.3) is 5.91 Å². The van der Waals surface area contributed by atoms with Gasteiger partial charge in [-0.2, -0.15) is 0 Å². The number of carbonyl (C=O) groups is 2. The Morgan fingerprint density at radius 2 is 2.22 bits per heavy atom. The molecule has 1 amide bonds. The van der Waals surface area contributed by atoms with Gasteiger partial charge in [-0.15, -0.1) is 0 Å². The van der Waals surface area contributed by atoms with Crippen LogP contribution in [0.3, 0.4) is 0 Å². The predicted molar refractivity (Wildman–Crippen MR) is 83.4 cm³/mol. The van der Waals surface area contributed by atoms with E-state index in [-0.39, 0.29) is 19.1 Å². The van der Waals surface area contributed by atoms with Gasteiger partial charge in [0, 0.05) is 18.7 Å². The third-order valence-corrected chi connectivity index (χ3v) is 4.26. The zero-order chi connectivity index (χ0) is 16.4. The Labute approximate surface area is 134 Å². The Kier molecular flexibility index (Phi) is 4.23. The van der Waals surface area contributed by atoms with Crippen LogP contribution in [0.2, 0.25) is 0 Å². The molecule has 6 heteroatoms. The number of carboxylic acid groups (broad SMARTS) is 1. The molecule has 0 aromatic heterocycles. The number of aliphatic carboxylic acids is 1. The van der Waals surface area contributed by atoms with E-state index in [1.54, 1.807) is 18.1 Å². The molecule has 1 unspecified atom stereocenters. The molecule has 1 aromatic rings. The highest BCUT2D eigenvalue weighted by atomic mass is 16.5. The van der Waals surface area contributed by atoms with E-state index in [1.807, 2.05) is 18.2 Å². The Morgan fingerprint density at radius 1 is 1.39 bits per heavy atom. The third-order valence-electron chi connectivity index (χ3n) is 4.26. The van der Waals surface area contributed by atoms with E-state index in [1.165, 1.54) is 0 Å². The van der Waals surface area contributed by atoms with Crippen molar-refractivity contribution in [1.82, 2.24) is 4.90 Å². The van der Waals surface area contributed by atoms with E-state index >= 15 is 0 Å². The molecule has 2 heterocycles. The second kappa shape index (κ2) is 6.32. The van der Waals surface area contributed by atoms with Gasteiger partial charge in [0.05, 0.1) is 18.6 Å². The lowest BCUT2D eigenvalue weighted by atomic mass is 9.97. The minimum Gasteiger partial charge on any atom is -0.497 e. The van der Waals surface area contributed by atoms with Crippen LogP contribution in [0.5, 0.6) is 11.5 Å². The van der Waals surface area contributed by atoms with E-state index in [2.05, 4.69) is 0 Å². The number of ether oxygens (including phenoxy) is 2. The normalized spacial score (nSPS) is 20.1. The summed E-state index contributed by atoms with van der Waals surface area (Å²) >= 11 is 0. The Morgan fingerprint density at radius 3 is 2.96 bits per heavy atom. The van der Waals surface area contributed by atoms with Crippen LogP contribution in [0.15, 0.2) is 23.8 Å². The molecule has 0 saturated carbocycles. The number of rotatable bonds is 3. The number of nitrogens with zero attached hydrogens (tertiary/aromatic N) is 1. The monoisotopic (exact) mass is 317 g/mol. The Balaban J connectivity index is 1.79. The molecule has 0 spiro atoms. The average molecular weight is 317 g/mol. The molecule has 0 radical (unpaired) electrons. The number of methoxy groups -OCH3 is 1. The van der Waals surface area contributed by atoms with Gasteiger partial charge in [0.15, 0.2) is 0 Å². The summed E-state index contributed by atoms with van der Waals surface area (Å²) in [5, 5.41) is 9.14. The van der Waals surface area contributed by atoms with Crippen molar-refractivity contribution in [1.29, 1.82) is 0 Å². The summed E-state index contributed by atoms with van der Waals surface area (Å²) < 4.78 is 10.8. The summed E-state index contributed by atoms with van der Waals surface area (Å²) in [4.78, 5) is 25.4. The number of likely N-dealkylation sites (tertiary alicyclic amines) is 1. The van der Waals surface area contributed by atoms with Gasteiger partial charge in [-0.1, -0.05) is 0 Å². The number of carbonyl (C=O) groups excluding carboxylic acids is 1. The van der Waals surface area contributed by atoms with Crippen molar-refractivity contribution in [3.8, 4) is 11.5 Å². The van der Waals surface area contributed by atoms with Gasteiger partial charge in [-0.05, 0) is 37.1 Å². The number of benzene rings is 1. The first-order valence-corrected chi connectivity index (χ1v) is 7.62. The van der Waals surface area contributed by atoms with Gasteiger partial charge in [0.1, 0.15) is 18.1 Å². The van der Waals surface area contributed by atoms with Gasteiger partial charge in [0.2, 0.25) is 0 Å². The number of piperidine rings is 1. The fourth-order valence-electron chi connectivity index (χ4n) is 2.97. The van der Waals surface area contributed by atoms with Crippen LogP contribution in [-0.2, 0) is 9.59 Å². The first-order valence-electron chi connectivity index (χ1n) is 7.62. The molecule has 3 rings (SSSR count). The first kappa shape index (κ1) is 15.4. The number of hydrogen-bond acceptors (Lipinski definition) is 4. The number of carboxylic acids is 1. The van der Waals surface area contributed by atoms with Gasteiger partial charge in [-0.3, -0.25) is 9.59 Å². The lowest BCUT2D eigenvalue weighted by Crippen LogP contribution is -2.43. The minimum atomic E-state index is -0.841. The zero-order valence-corrected chi connectivity index (χ0v) is 12.9. The molecule has 1 saturated heterocycles. The largest absolute Gasteiger partial charge is 0.497 e. The maximum atomic E-state index is 12.6. The predicted octanol–water partition coefficient (Wildman–Crippen LogP) is 1.79. The summed E-state index contributed by atoms with van der Waals surface area (Å²) in [6, 6.07) is 5.44. The van der Waals surface area contributed by atoms with Crippen molar-refractivity contribution < 1.29 is 24.2 Å². The molecule has 2 aliphatic rings. The molecule has 1 atom stereocenters. The standard InChI is InChI=1S/C17H19NO5/c1-22-14-4-5-15-12(8-14)7-13(10-23-15)16(19)18-6-2-3-11(9-18)17(20)21/h4-5,7-8,11H,2-3,6,9-10H2,1H3,(H,20,21). The molecule has 1 N–H and O–H groups in total. The molecule has 6 nitrogen and oxygen atoms in total. The average Bonchev–Trinajstić information content (AvgIpc) is 2.60. The second-order valence-electron chi connectivity index (χ2n) is 5.79. The summed E-state index contributed by atoms with van der Waals surface area (Å²) in [6.45, 7) is 1.05. The van der Waals surface area contributed by atoms with Crippen LogP contribution in [-0.4, -0.2) is 48.7 Å². The molecule has 0 bridgehead atoms. The van der Waals surface area contributed by atoms with E-state index in [0.29, 0.717) is 36.5 Å². The van der Waals surface area contributed by atoms with Crippen LogP contribution in [0.1, 0.15) is 18.4 Å². The number of hydrogen-bond donors (Lipinski definition) is 1. The Hall–Kier alpha value is -2.50. The molecule has 1 fully saturated rings. The van der Waals surface area contributed by atoms with Crippen LogP contribution in [0.25, 0.3) is 6.08 Å². The summed E-state index contributed by atoms with van der Waals surface area (Å²) in [5.74, 6) is -0.0633. The summed E-state index contributed by atoms with van der Waals surface area (Å²) in [7, 11) is 1.58. The van der Waals surface area contributed by atoms with Crippen molar-refractivity contribution in [2.75, 3.05) is 26.8 Å². The van der Waals surface area contributed by atoms with Crippen molar-refractivity contribution in [2.45, 2.75) is 12.8 Å². The summed E-state index contributed by atoms with van der Waals surface area (Å²) in [5.41, 5.74) is 1.34. The number of fused-ring (bicyclic) bond motifs is 1. The smallest absolute Gasteiger partial charge is 0.308 e. The maximum absolute atomic E-state index is 12.6. The summed E-state index contributed by atoms with van der Waals surface area (Å²) in [6.07, 6.45) is 3.13. The molecule has 122 valence electrons. The van der Waals surface area contributed by atoms with Crippen LogP contribution >= 0.6 is 0 Å². The van der Waals surface area contributed by atoms with Crippen molar-refractivity contribution in [2.24, 2.45) is 5.92 Å². The van der Waals surface area contributed by atoms with Crippen molar-refractivity contribution in [3.05, 3.63) is 29.3 Å². The van der Waals surface area contributed by atoms with Crippen molar-refractivity contribution in [3.63, 3.8) is 0 Å². The fourth-order valence-corrected chi connectivity index (χ4v) is 2.97. The molecule has 2 aliphatic heterocycles. The second-order valence-corrected chi connectivity index (χ2v) is 5.79. The third kappa shape index (κ3) is 3.16.